The molecule has 0 aliphatic heterocycles. The maximum atomic E-state index is 13.5. The molecule has 0 aliphatic carbocycles. The van der Waals surface area contributed by atoms with Crippen LogP contribution < -0.4 is 10.2 Å². The molecule has 1 aromatic heterocycles. The number of hydrogen-bond acceptors (Lipinski definition) is 4. The van der Waals surface area contributed by atoms with Gasteiger partial charge in [0, 0.05) is 11.5 Å². The van der Waals surface area contributed by atoms with E-state index >= 15 is 0 Å². The third kappa shape index (κ3) is 2.53. The van der Waals surface area contributed by atoms with E-state index in [0.717, 1.165) is 0 Å². The summed E-state index contributed by atoms with van der Waals surface area (Å²) in [5, 5.41) is 9.55. The van der Waals surface area contributed by atoms with Gasteiger partial charge in [0.15, 0.2) is 0 Å². The predicted molar refractivity (Wildman–Crippen MR) is 72.3 cm³/mol. The van der Waals surface area contributed by atoms with Crippen LogP contribution in [0.25, 0.3) is 11.0 Å². The van der Waals surface area contributed by atoms with E-state index in [-0.39, 0.29) is 12.2 Å². The van der Waals surface area contributed by atoms with Crippen LogP contribution in [0, 0.1) is 11.6 Å². The highest BCUT2D eigenvalue weighted by molar-refractivity contribution is 5.90. The van der Waals surface area contributed by atoms with Gasteiger partial charge in [0.2, 0.25) is 0 Å². The van der Waals surface area contributed by atoms with Gasteiger partial charge < -0.3 is 9.15 Å². The molecule has 0 saturated carbocycles. The molecule has 108 valence electrons. The zero-order chi connectivity index (χ0) is 14.8. The lowest BCUT2D eigenvalue weighted by Crippen LogP contribution is -2.01. The van der Waals surface area contributed by atoms with Gasteiger partial charge in [-0.2, -0.15) is 0 Å². The molecule has 4 nitrogen and oxygen atoms in total. The fraction of sp³-hybridized carbons (Fsp3) is 0.0667. The molecule has 0 unspecified atom stereocenters. The van der Waals surface area contributed by atoms with Crippen molar-refractivity contribution in [3.8, 4) is 5.75 Å². The number of benzene rings is 2. The van der Waals surface area contributed by atoms with Gasteiger partial charge in [0.1, 0.15) is 41.5 Å². The van der Waals surface area contributed by atoms with Crippen molar-refractivity contribution < 1.29 is 23.1 Å². The molecule has 0 atom stereocenters. The lowest BCUT2D eigenvalue weighted by molar-refractivity contribution is 0.292. The molecule has 2 N–H and O–H groups in total. The van der Waals surface area contributed by atoms with E-state index in [1.807, 2.05) is 5.48 Å². The van der Waals surface area contributed by atoms with Crippen LogP contribution in [0.3, 0.4) is 0 Å². The summed E-state index contributed by atoms with van der Waals surface area (Å²) in [6.07, 6.45) is 1.35. The smallest absolute Gasteiger partial charge is 0.139 e. The van der Waals surface area contributed by atoms with Gasteiger partial charge in [-0.3, -0.25) is 10.7 Å². The Kier molecular flexibility index (Phi) is 3.45. The minimum atomic E-state index is -0.652. The molecule has 0 saturated heterocycles. The second-order valence-corrected chi connectivity index (χ2v) is 4.41. The van der Waals surface area contributed by atoms with Crippen molar-refractivity contribution in [3.63, 3.8) is 0 Å². The second kappa shape index (κ2) is 5.41. The van der Waals surface area contributed by atoms with Crippen LogP contribution in [0.1, 0.15) is 5.56 Å². The molecule has 0 aliphatic rings. The summed E-state index contributed by atoms with van der Waals surface area (Å²) in [6, 6.07) is 8.52. The average molecular weight is 291 g/mol. The Hall–Kier alpha value is -2.60. The first-order valence-corrected chi connectivity index (χ1v) is 6.16. The molecule has 6 heteroatoms. The number of nitrogens with one attached hydrogen (secondary N) is 1. The van der Waals surface area contributed by atoms with E-state index in [4.69, 9.17) is 14.4 Å². The van der Waals surface area contributed by atoms with E-state index < -0.39 is 11.6 Å². The Morgan fingerprint density at radius 3 is 2.62 bits per heavy atom. The Bertz CT molecular complexity index is 765. The lowest BCUT2D eigenvalue weighted by atomic mass is 10.2. The summed E-state index contributed by atoms with van der Waals surface area (Å²) in [7, 11) is 0. The molecule has 0 amide bonds. The van der Waals surface area contributed by atoms with Gasteiger partial charge >= 0.3 is 0 Å². The van der Waals surface area contributed by atoms with Crippen molar-refractivity contribution in [1.29, 1.82) is 0 Å². The summed E-state index contributed by atoms with van der Waals surface area (Å²) in [6.45, 7) is -0.226. The fourth-order valence-electron chi connectivity index (χ4n) is 2.01. The van der Waals surface area contributed by atoms with Crippen molar-refractivity contribution in [2.45, 2.75) is 6.61 Å². The summed E-state index contributed by atoms with van der Waals surface area (Å²) in [5.74, 6) is -0.898. The van der Waals surface area contributed by atoms with E-state index in [9.17, 15) is 8.78 Å². The summed E-state index contributed by atoms with van der Waals surface area (Å²) in [4.78, 5) is 0. The predicted octanol–water partition coefficient (Wildman–Crippen LogP) is 4.09. The van der Waals surface area contributed by atoms with Crippen molar-refractivity contribution in [2.24, 2.45) is 0 Å². The molecular formula is C15H11F2NO3. The number of ether oxygens (including phenoxy) is 1. The number of anilines is 1. The molecule has 1 heterocycles. The Balaban J connectivity index is 1.82. The monoisotopic (exact) mass is 291 g/mol. The Labute approximate surface area is 118 Å². The zero-order valence-electron chi connectivity index (χ0n) is 10.8. The summed E-state index contributed by atoms with van der Waals surface area (Å²) < 4.78 is 37.6. The molecule has 21 heavy (non-hydrogen) atoms. The lowest BCUT2D eigenvalue weighted by Gasteiger charge is -2.08. The van der Waals surface area contributed by atoms with Gasteiger partial charge in [-0.25, -0.2) is 8.78 Å². The first-order chi connectivity index (χ1) is 10.2. The topological polar surface area (TPSA) is 54.6 Å². The quantitative estimate of drug-likeness (QED) is 0.711. The normalized spacial score (nSPS) is 10.8. The maximum absolute atomic E-state index is 13.5. The highest BCUT2D eigenvalue weighted by Crippen LogP contribution is 2.29. The van der Waals surface area contributed by atoms with Crippen LogP contribution in [0.2, 0.25) is 0 Å². The van der Waals surface area contributed by atoms with E-state index in [2.05, 4.69) is 0 Å². The molecule has 0 fully saturated rings. The molecule has 0 bridgehead atoms. The van der Waals surface area contributed by atoms with Crippen LogP contribution in [-0.2, 0) is 6.61 Å². The maximum Gasteiger partial charge on any atom is 0.139 e. The summed E-state index contributed by atoms with van der Waals surface area (Å²) >= 11 is 0. The number of rotatable bonds is 4. The Morgan fingerprint density at radius 2 is 1.90 bits per heavy atom. The van der Waals surface area contributed by atoms with Gasteiger partial charge in [-0.1, -0.05) is 6.07 Å². The molecular weight excluding hydrogens is 280 g/mol. The standard InChI is InChI=1S/C15H11F2NO3/c16-12-2-1-3-13(17)11(12)7-20-9-4-5-10-14(18-19)8-21-15(10)6-9/h1-6,8,18-19H,7H2. The molecule has 2 aromatic carbocycles. The number of furan rings is 1. The largest absolute Gasteiger partial charge is 0.489 e. The number of fused-ring (bicyclic) bond motifs is 1. The van der Waals surface area contributed by atoms with Gasteiger partial charge in [0.05, 0.1) is 5.56 Å². The van der Waals surface area contributed by atoms with E-state index in [1.165, 1.54) is 24.5 Å². The number of halogens is 2. The average Bonchev–Trinajstić information content (AvgIpc) is 2.89. The van der Waals surface area contributed by atoms with Crippen molar-refractivity contribution >= 4 is 16.7 Å². The van der Waals surface area contributed by atoms with Crippen LogP contribution >= 0.6 is 0 Å². The van der Waals surface area contributed by atoms with Crippen molar-refractivity contribution in [1.82, 2.24) is 0 Å². The minimum Gasteiger partial charge on any atom is -0.489 e. The van der Waals surface area contributed by atoms with Crippen LogP contribution in [0.4, 0.5) is 14.5 Å². The summed E-state index contributed by atoms with van der Waals surface area (Å²) in [5.41, 5.74) is 2.79. The van der Waals surface area contributed by atoms with Crippen LogP contribution in [-0.4, -0.2) is 5.21 Å². The highest BCUT2D eigenvalue weighted by atomic mass is 19.1. The van der Waals surface area contributed by atoms with Crippen molar-refractivity contribution in [3.05, 3.63) is 59.9 Å². The van der Waals surface area contributed by atoms with Crippen LogP contribution in [0.15, 0.2) is 47.1 Å². The van der Waals surface area contributed by atoms with E-state index in [1.54, 1.807) is 18.2 Å². The van der Waals surface area contributed by atoms with E-state index in [0.29, 0.717) is 22.4 Å². The van der Waals surface area contributed by atoms with Crippen molar-refractivity contribution in [2.75, 3.05) is 5.48 Å². The molecule has 3 rings (SSSR count). The zero-order valence-corrected chi connectivity index (χ0v) is 10.8. The molecule has 0 radical (unpaired) electrons. The van der Waals surface area contributed by atoms with Gasteiger partial charge in [-0.05, 0) is 24.3 Å². The highest BCUT2D eigenvalue weighted by Gasteiger charge is 2.10. The SMILES string of the molecule is ONc1coc2cc(OCc3c(F)cccc3F)ccc12. The third-order valence-corrected chi connectivity index (χ3v) is 3.11. The van der Waals surface area contributed by atoms with Gasteiger partial charge in [0.25, 0.3) is 0 Å². The first kappa shape index (κ1) is 13.4. The second-order valence-electron chi connectivity index (χ2n) is 4.41. The fourth-order valence-corrected chi connectivity index (χ4v) is 2.01. The van der Waals surface area contributed by atoms with Gasteiger partial charge in [-0.15, -0.1) is 0 Å². The van der Waals surface area contributed by atoms with Crippen LogP contribution in [0.5, 0.6) is 5.75 Å². The molecule has 3 aromatic rings. The first-order valence-electron chi connectivity index (χ1n) is 6.16. The Morgan fingerprint density at radius 1 is 1.14 bits per heavy atom. The number of hydrogen-bond donors (Lipinski definition) is 2. The molecule has 0 spiro atoms. The third-order valence-electron chi connectivity index (χ3n) is 3.11. The minimum absolute atomic E-state index is 0.130.